The van der Waals surface area contributed by atoms with Gasteiger partial charge in [-0.25, -0.2) is 0 Å². The van der Waals surface area contributed by atoms with Crippen molar-refractivity contribution in [3.63, 3.8) is 0 Å². The van der Waals surface area contributed by atoms with Crippen LogP contribution in [-0.2, 0) is 17.9 Å². The molecule has 0 aromatic heterocycles. The lowest BCUT2D eigenvalue weighted by molar-refractivity contribution is -0.125. The molecular weight excluding hydrogens is 286 g/mol. The second-order valence-electron chi connectivity index (χ2n) is 6.91. The van der Waals surface area contributed by atoms with Crippen LogP contribution in [0.4, 0.5) is 0 Å². The van der Waals surface area contributed by atoms with Gasteiger partial charge in [-0.3, -0.25) is 9.69 Å². The molecule has 0 saturated carbocycles. The van der Waals surface area contributed by atoms with Crippen molar-refractivity contribution in [2.75, 3.05) is 26.2 Å². The van der Waals surface area contributed by atoms with Crippen LogP contribution in [0.2, 0.25) is 0 Å². The Bertz CT molecular complexity index is 488. The van der Waals surface area contributed by atoms with Crippen molar-refractivity contribution in [3.8, 4) is 0 Å². The van der Waals surface area contributed by atoms with Gasteiger partial charge in [0.1, 0.15) is 0 Å². The van der Waals surface area contributed by atoms with Crippen molar-refractivity contribution >= 4 is 5.91 Å². The third-order valence-corrected chi connectivity index (χ3v) is 5.01. The highest BCUT2D eigenvalue weighted by atomic mass is 16.1. The molecular formula is C19H29N3O. The minimum atomic E-state index is 0.141. The number of nitrogens with one attached hydrogen (secondary N) is 2. The fraction of sp³-hybridized carbons (Fsp3) is 0.632. The van der Waals surface area contributed by atoms with Gasteiger partial charge >= 0.3 is 0 Å². The third kappa shape index (κ3) is 5.05. The largest absolute Gasteiger partial charge is 0.352 e. The van der Waals surface area contributed by atoms with Crippen molar-refractivity contribution in [3.05, 3.63) is 35.4 Å². The maximum atomic E-state index is 12.1. The van der Waals surface area contributed by atoms with E-state index in [1.54, 1.807) is 0 Å². The summed E-state index contributed by atoms with van der Waals surface area (Å²) >= 11 is 0. The third-order valence-electron chi connectivity index (χ3n) is 5.01. The molecule has 4 heteroatoms. The molecule has 0 unspecified atom stereocenters. The number of hydrogen-bond acceptors (Lipinski definition) is 3. The van der Waals surface area contributed by atoms with Crippen molar-refractivity contribution in [2.45, 2.75) is 45.2 Å². The van der Waals surface area contributed by atoms with E-state index in [1.165, 1.54) is 43.5 Å². The van der Waals surface area contributed by atoms with Crippen molar-refractivity contribution < 1.29 is 4.79 Å². The maximum Gasteiger partial charge on any atom is 0.224 e. The first-order chi connectivity index (χ1) is 11.3. The van der Waals surface area contributed by atoms with Crippen LogP contribution >= 0.6 is 0 Å². The predicted molar refractivity (Wildman–Crippen MR) is 93.0 cm³/mol. The van der Waals surface area contributed by atoms with Gasteiger partial charge in [-0.2, -0.15) is 0 Å². The second-order valence-corrected chi connectivity index (χ2v) is 6.91. The summed E-state index contributed by atoms with van der Waals surface area (Å²) in [7, 11) is 0. The number of likely N-dealkylation sites (tertiary alicyclic amines) is 1. The van der Waals surface area contributed by atoms with Crippen molar-refractivity contribution in [1.82, 2.24) is 15.5 Å². The molecule has 3 rings (SSSR count). The fourth-order valence-electron chi connectivity index (χ4n) is 3.55. The molecule has 0 bridgehead atoms. The normalized spacial score (nSPS) is 22.7. The van der Waals surface area contributed by atoms with Crippen molar-refractivity contribution in [1.29, 1.82) is 0 Å². The van der Waals surface area contributed by atoms with E-state index in [-0.39, 0.29) is 11.8 Å². The Kier molecular flexibility index (Phi) is 6.06. The van der Waals surface area contributed by atoms with E-state index in [4.69, 9.17) is 0 Å². The Hall–Kier alpha value is -1.39. The number of benzene rings is 1. The Morgan fingerprint density at radius 2 is 1.83 bits per heavy atom. The quantitative estimate of drug-likeness (QED) is 0.876. The van der Waals surface area contributed by atoms with Crippen LogP contribution in [0.15, 0.2) is 24.3 Å². The predicted octanol–water partition coefficient (Wildman–Crippen LogP) is 2.29. The SMILES string of the molecule is O=C(NCc1ccc(CN2CCCCC2)cc1)[C@@H]1CCCNC1. The van der Waals surface area contributed by atoms with Crippen LogP contribution in [0.5, 0.6) is 0 Å². The van der Waals surface area contributed by atoms with Gasteiger partial charge in [-0.15, -0.1) is 0 Å². The second kappa shape index (κ2) is 8.46. The van der Waals surface area contributed by atoms with Gasteiger partial charge in [0.2, 0.25) is 5.91 Å². The van der Waals surface area contributed by atoms with Gasteiger partial charge in [0.15, 0.2) is 0 Å². The fourth-order valence-corrected chi connectivity index (χ4v) is 3.55. The molecule has 0 radical (unpaired) electrons. The monoisotopic (exact) mass is 315 g/mol. The highest BCUT2D eigenvalue weighted by molar-refractivity contribution is 5.78. The molecule has 2 N–H and O–H groups in total. The topological polar surface area (TPSA) is 44.4 Å². The summed E-state index contributed by atoms with van der Waals surface area (Å²) in [5, 5.41) is 6.37. The summed E-state index contributed by atoms with van der Waals surface area (Å²) in [5.74, 6) is 0.330. The number of piperidine rings is 2. The Morgan fingerprint density at radius 1 is 1.09 bits per heavy atom. The zero-order valence-corrected chi connectivity index (χ0v) is 14.0. The van der Waals surface area contributed by atoms with E-state index in [0.717, 1.165) is 32.5 Å². The molecule has 2 aliphatic heterocycles. The van der Waals surface area contributed by atoms with E-state index in [9.17, 15) is 4.79 Å². The van der Waals surface area contributed by atoms with Gasteiger partial charge in [0.25, 0.3) is 0 Å². The highest BCUT2D eigenvalue weighted by Crippen LogP contribution is 2.14. The standard InChI is InChI=1S/C19H29N3O/c23-19(18-5-4-10-20-14-18)21-13-16-6-8-17(9-7-16)15-22-11-2-1-3-12-22/h6-9,18,20H,1-5,10-15H2,(H,21,23)/t18-/m1/s1. The summed E-state index contributed by atoms with van der Waals surface area (Å²) < 4.78 is 0. The molecule has 2 saturated heterocycles. The average Bonchev–Trinajstić information content (AvgIpc) is 2.62. The summed E-state index contributed by atoms with van der Waals surface area (Å²) in [6, 6.07) is 8.72. The lowest BCUT2D eigenvalue weighted by atomic mass is 9.99. The number of hydrogen-bond donors (Lipinski definition) is 2. The van der Waals surface area contributed by atoms with Crippen molar-refractivity contribution in [2.24, 2.45) is 5.92 Å². The minimum absolute atomic E-state index is 0.141. The Morgan fingerprint density at radius 3 is 2.52 bits per heavy atom. The Labute approximate surface area is 139 Å². The van der Waals surface area contributed by atoms with Gasteiger partial charge in [0.05, 0.1) is 5.92 Å². The summed E-state index contributed by atoms with van der Waals surface area (Å²) in [5.41, 5.74) is 2.56. The lowest BCUT2D eigenvalue weighted by Gasteiger charge is -2.26. The van der Waals surface area contributed by atoms with Crippen LogP contribution in [0, 0.1) is 5.92 Å². The molecule has 1 atom stereocenters. The molecule has 0 spiro atoms. The zero-order valence-electron chi connectivity index (χ0n) is 14.0. The molecule has 0 aliphatic carbocycles. The number of nitrogens with zero attached hydrogens (tertiary/aromatic N) is 1. The van der Waals surface area contributed by atoms with E-state index < -0.39 is 0 Å². The molecule has 4 nitrogen and oxygen atoms in total. The molecule has 2 heterocycles. The van der Waals surface area contributed by atoms with E-state index in [0.29, 0.717) is 6.54 Å². The van der Waals surface area contributed by atoms with E-state index in [2.05, 4.69) is 39.8 Å². The zero-order chi connectivity index (χ0) is 15.9. The van der Waals surface area contributed by atoms with Crippen LogP contribution < -0.4 is 10.6 Å². The van der Waals surface area contributed by atoms with Crippen LogP contribution in [0.3, 0.4) is 0 Å². The van der Waals surface area contributed by atoms with Gasteiger partial charge in [0, 0.05) is 19.6 Å². The maximum absolute atomic E-state index is 12.1. The van der Waals surface area contributed by atoms with Crippen LogP contribution in [0.1, 0.15) is 43.2 Å². The molecule has 1 aromatic carbocycles. The number of carbonyl (C=O) groups excluding carboxylic acids is 1. The van der Waals surface area contributed by atoms with Gasteiger partial charge < -0.3 is 10.6 Å². The first kappa shape index (κ1) is 16.5. The molecule has 126 valence electrons. The smallest absolute Gasteiger partial charge is 0.224 e. The molecule has 23 heavy (non-hydrogen) atoms. The molecule has 2 aliphatic rings. The summed E-state index contributed by atoms with van der Waals surface area (Å²) in [4.78, 5) is 14.7. The summed E-state index contributed by atoms with van der Waals surface area (Å²) in [6.45, 7) is 6.02. The molecule has 1 aromatic rings. The Balaban J connectivity index is 1.44. The summed E-state index contributed by atoms with van der Waals surface area (Å²) in [6.07, 6.45) is 6.16. The number of rotatable bonds is 5. The van der Waals surface area contributed by atoms with E-state index >= 15 is 0 Å². The minimum Gasteiger partial charge on any atom is -0.352 e. The first-order valence-electron chi connectivity index (χ1n) is 9.10. The van der Waals surface area contributed by atoms with Crippen LogP contribution in [0.25, 0.3) is 0 Å². The highest BCUT2D eigenvalue weighted by Gasteiger charge is 2.20. The average molecular weight is 315 g/mol. The van der Waals surface area contributed by atoms with Crippen LogP contribution in [-0.4, -0.2) is 37.0 Å². The first-order valence-corrected chi connectivity index (χ1v) is 9.10. The molecule has 2 fully saturated rings. The lowest BCUT2D eigenvalue weighted by Crippen LogP contribution is -2.40. The number of amides is 1. The molecule has 1 amide bonds. The van der Waals surface area contributed by atoms with Gasteiger partial charge in [-0.1, -0.05) is 30.7 Å². The van der Waals surface area contributed by atoms with E-state index in [1.807, 2.05) is 0 Å². The number of carbonyl (C=O) groups is 1. The van der Waals surface area contributed by atoms with Gasteiger partial charge in [-0.05, 0) is 56.4 Å².